The molecule has 0 saturated heterocycles. The van der Waals surface area contributed by atoms with Crippen molar-refractivity contribution in [3.05, 3.63) is 28.2 Å². The van der Waals surface area contributed by atoms with Gasteiger partial charge >= 0.3 is 0 Å². The van der Waals surface area contributed by atoms with Crippen LogP contribution in [-0.4, -0.2) is 32.2 Å². The quantitative estimate of drug-likeness (QED) is 0.841. The fourth-order valence-electron chi connectivity index (χ4n) is 2.11. The Morgan fingerprint density at radius 3 is 2.30 bits per heavy atom. The highest BCUT2D eigenvalue weighted by atomic mass is 32.1. The van der Waals surface area contributed by atoms with E-state index in [1.54, 1.807) is 23.5 Å². The molecule has 0 aliphatic carbocycles. The van der Waals surface area contributed by atoms with Crippen LogP contribution in [0.4, 0.5) is 5.69 Å². The number of hydrogen-bond acceptors (Lipinski definition) is 6. The van der Waals surface area contributed by atoms with Crippen molar-refractivity contribution < 1.29 is 19.0 Å². The molecule has 0 radical (unpaired) electrons. The SMILES string of the molecule is COc1cc(NC(=O)CCc2nc(C)cs2)cc(OC)c1OC. The van der Waals surface area contributed by atoms with Gasteiger partial charge in [0.2, 0.25) is 11.7 Å². The fourth-order valence-corrected chi connectivity index (χ4v) is 2.89. The Labute approximate surface area is 139 Å². The van der Waals surface area contributed by atoms with Crippen molar-refractivity contribution in [3.8, 4) is 17.2 Å². The van der Waals surface area contributed by atoms with E-state index in [1.165, 1.54) is 21.3 Å². The van der Waals surface area contributed by atoms with E-state index in [2.05, 4.69) is 10.3 Å². The average molecular weight is 336 g/mol. The first-order chi connectivity index (χ1) is 11.1. The highest BCUT2D eigenvalue weighted by molar-refractivity contribution is 7.09. The lowest BCUT2D eigenvalue weighted by molar-refractivity contribution is -0.116. The second kappa shape index (κ2) is 7.82. The molecule has 0 aliphatic rings. The summed E-state index contributed by atoms with van der Waals surface area (Å²) in [5.41, 5.74) is 1.58. The van der Waals surface area contributed by atoms with Crippen molar-refractivity contribution in [1.29, 1.82) is 0 Å². The van der Waals surface area contributed by atoms with E-state index in [9.17, 15) is 4.79 Å². The monoisotopic (exact) mass is 336 g/mol. The third-order valence-corrected chi connectivity index (χ3v) is 4.21. The zero-order chi connectivity index (χ0) is 16.8. The number of rotatable bonds is 7. The number of methoxy groups -OCH3 is 3. The molecule has 1 N–H and O–H groups in total. The van der Waals surface area contributed by atoms with Crippen LogP contribution in [0.25, 0.3) is 0 Å². The van der Waals surface area contributed by atoms with Gasteiger partial charge in [0.25, 0.3) is 0 Å². The van der Waals surface area contributed by atoms with Crippen LogP contribution in [0.2, 0.25) is 0 Å². The third-order valence-electron chi connectivity index (χ3n) is 3.18. The number of nitrogens with one attached hydrogen (secondary N) is 1. The van der Waals surface area contributed by atoms with E-state index in [-0.39, 0.29) is 5.91 Å². The number of ether oxygens (including phenoxy) is 3. The van der Waals surface area contributed by atoms with Crippen molar-refractivity contribution >= 4 is 22.9 Å². The van der Waals surface area contributed by atoms with Gasteiger partial charge in [-0.05, 0) is 6.92 Å². The molecule has 1 heterocycles. The lowest BCUT2D eigenvalue weighted by Gasteiger charge is -2.14. The minimum atomic E-state index is -0.0906. The maximum atomic E-state index is 12.1. The first-order valence-electron chi connectivity index (χ1n) is 7.08. The standard InChI is InChI=1S/C16H20N2O4S/c1-10-9-23-15(17-10)6-5-14(19)18-11-7-12(20-2)16(22-4)13(8-11)21-3/h7-9H,5-6H2,1-4H3,(H,18,19). The molecule has 1 aromatic heterocycles. The van der Waals surface area contributed by atoms with Crippen molar-refractivity contribution in [3.63, 3.8) is 0 Å². The van der Waals surface area contributed by atoms with Gasteiger partial charge < -0.3 is 19.5 Å². The van der Waals surface area contributed by atoms with Crippen molar-refractivity contribution in [2.45, 2.75) is 19.8 Å². The van der Waals surface area contributed by atoms with Crippen LogP contribution >= 0.6 is 11.3 Å². The van der Waals surface area contributed by atoms with E-state index < -0.39 is 0 Å². The first-order valence-corrected chi connectivity index (χ1v) is 7.96. The number of nitrogens with zero attached hydrogens (tertiary/aromatic N) is 1. The molecule has 124 valence electrons. The van der Waals surface area contributed by atoms with E-state index in [0.29, 0.717) is 35.8 Å². The maximum absolute atomic E-state index is 12.1. The highest BCUT2D eigenvalue weighted by Gasteiger charge is 2.14. The van der Waals surface area contributed by atoms with Crippen LogP contribution in [-0.2, 0) is 11.2 Å². The first kappa shape index (κ1) is 17.1. The zero-order valence-corrected chi connectivity index (χ0v) is 14.5. The number of benzene rings is 1. The summed E-state index contributed by atoms with van der Waals surface area (Å²) < 4.78 is 15.8. The molecule has 1 aromatic carbocycles. The van der Waals surface area contributed by atoms with E-state index >= 15 is 0 Å². The van der Waals surface area contributed by atoms with Gasteiger partial charge in [0.15, 0.2) is 11.5 Å². The topological polar surface area (TPSA) is 69.7 Å². The van der Waals surface area contributed by atoms with Gasteiger partial charge in [-0.25, -0.2) is 4.98 Å². The summed E-state index contributed by atoms with van der Waals surface area (Å²) >= 11 is 1.57. The highest BCUT2D eigenvalue weighted by Crippen LogP contribution is 2.39. The summed E-state index contributed by atoms with van der Waals surface area (Å²) in [5, 5.41) is 5.78. The molecule has 0 bridgehead atoms. The molecule has 7 heteroatoms. The van der Waals surface area contributed by atoms with Crippen LogP contribution < -0.4 is 19.5 Å². The van der Waals surface area contributed by atoms with E-state index in [1.807, 2.05) is 12.3 Å². The van der Waals surface area contributed by atoms with Crippen molar-refractivity contribution in [2.75, 3.05) is 26.6 Å². The maximum Gasteiger partial charge on any atom is 0.224 e. The second-order valence-electron chi connectivity index (χ2n) is 4.84. The Morgan fingerprint density at radius 1 is 1.17 bits per heavy atom. The predicted octanol–water partition coefficient (Wildman–Crippen LogP) is 3.05. The van der Waals surface area contributed by atoms with Gasteiger partial charge in [-0.15, -0.1) is 11.3 Å². The number of aryl methyl sites for hydroxylation is 2. The Bertz CT molecular complexity index is 659. The molecule has 23 heavy (non-hydrogen) atoms. The number of carbonyl (C=O) groups is 1. The van der Waals surface area contributed by atoms with Crippen molar-refractivity contribution in [1.82, 2.24) is 4.98 Å². The van der Waals surface area contributed by atoms with Crippen LogP contribution in [0.5, 0.6) is 17.2 Å². The lowest BCUT2D eigenvalue weighted by atomic mass is 10.2. The van der Waals surface area contributed by atoms with Crippen LogP contribution in [0.3, 0.4) is 0 Å². The number of aromatic nitrogens is 1. The van der Waals surface area contributed by atoms with Crippen molar-refractivity contribution in [2.24, 2.45) is 0 Å². The number of anilines is 1. The summed E-state index contributed by atoms with van der Waals surface area (Å²) in [6, 6.07) is 3.40. The molecule has 0 saturated carbocycles. The largest absolute Gasteiger partial charge is 0.493 e. The predicted molar refractivity (Wildman–Crippen MR) is 89.9 cm³/mol. The number of amides is 1. The van der Waals surface area contributed by atoms with Crippen LogP contribution in [0, 0.1) is 6.92 Å². The Morgan fingerprint density at radius 2 is 1.83 bits per heavy atom. The molecule has 0 aliphatic heterocycles. The van der Waals surface area contributed by atoms with Gasteiger partial charge in [-0.2, -0.15) is 0 Å². The van der Waals surface area contributed by atoms with E-state index in [0.717, 1.165) is 10.7 Å². The number of carbonyl (C=O) groups excluding carboxylic acids is 1. The normalized spacial score (nSPS) is 10.3. The molecule has 6 nitrogen and oxygen atoms in total. The minimum absolute atomic E-state index is 0.0906. The average Bonchev–Trinajstić information content (AvgIpc) is 2.97. The van der Waals surface area contributed by atoms with Gasteiger partial charge in [-0.1, -0.05) is 0 Å². The molecular weight excluding hydrogens is 316 g/mol. The molecule has 0 atom stereocenters. The summed E-state index contributed by atoms with van der Waals surface area (Å²) in [6.45, 7) is 1.94. The zero-order valence-electron chi connectivity index (χ0n) is 13.6. The number of thiazole rings is 1. The Hall–Kier alpha value is -2.28. The molecule has 1 amide bonds. The smallest absolute Gasteiger partial charge is 0.224 e. The Kier molecular flexibility index (Phi) is 5.81. The lowest BCUT2D eigenvalue weighted by Crippen LogP contribution is -2.12. The van der Waals surface area contributed by atoms with Gasteiger partial charge in [0, 0.05) is 41.7 Å². The van der Waals surface area contributed by atoms with Gasteiger partial charge in [0.05, 0.1) is 26.3 Å². The molecule has 2 aromatic rings. The Balaban J connectivity index is 2.05. The summed E-state index contributed by atoms with van der Waals surface area (Å²) in [7, 11) is 4.61. The van der Waals surface area contributed by atoms with Gasteiger partial charge in [0.1, 0.15) is 0 Å². The van der Waals surface area contributed by atoms with E-state index in [4.69, 9.17) is 14.2 Å². The molecular formula is C16H20N2O4S. The molecule has 0 spiro atoms. The molecule has 0 fully saturated rings. The number of hydrogen-bond donors (Lipinski definition) is 1. The third kappa shape index (κ3) is 4.35. The summed E-state index contributed by atoms with van der Waals surface area (Å²) in [4.78, 5) is 16.4. The van der Waals surface area contributed by atoms with Crippen LogP contribution in [0.1, 0.15) is 17.1 Å². The molecule has 2 rings (SSSR count). The summed E-state index contributed by atoms with van der Waals surface area (Å²) in [6.07, 6.45) is 0.985. The minimum Gasteiger partial charge on any atom is -0.493 e. The second-order valence-corrected chi connectivity index (χ2v) is 5.79. The molecule has 0 unspecified atom stereocenters. The van der Waals surface area contributed by atoms with Gasteiger partial charge in [-0.3, -0.25) is 4.79 Å². The summed E-state index contributed by atoms with van der Waals surface area (Å²) in [5.74, 6) is 1.40. The fraction of sp³-hybridized carbons (Fsp3) is 0.375. The van der Waals surface area contributed by atoms with Crippen LogP contribution in [0.15, 0.2) is 17.5 Å².